The summed E-state index contributed by atoms with van der Waals surface area (Å²) in [6.07, 6.45) is -1.37. The van der Waals surface area contributed by atoms with Gasteiger partial charge >= 0.3 is 5.97 Å². The quantitative estimate of drug-likeness (QED) is 0.283. The standard InChI is InChI=1S/C29H34BrClO10/c1-14(30)12-16(31)10-11-28-25-26-29(41-28,40-27(38-25)15-4-6-17(33-2)7-5-15)24-23(37-26)22(39-28)21-19(36-24)9-8-18(35-21)13-20(32)34-3/h4-7,16,18-19,21-27H,1,8-13H2,2-3H3/t16?,18-,19?,21?,22+,23?,24-,25?,26?,27?,28?,29?/m1/s1. The average molecular weight is 658 g/mol. The van der Waals surface area contributed by atoms with E-state index < -0.39 is 54.5 Å². The van der Waals surface area contributed by atoms with Gasteiger partial charge in [0, 0.05) is 17.4 Å². The van der Waals surface area contributed by atoms with E-state index in [1.54, 1.807) is 7.11 Å². The number of hydrogen-bond donors (Lipinski definition) is 0. The highest BCUT2D eigenvalue weighted by atomic mass is 79.9. The maximum atomic E-state index is 12.0. The molecule has 0 saturated carbocycles. The van der Waals surface area contributed by atoms with Gasteiger partial charge in [-0.3, -0.25) is 4.79 Å². The first-order valence-electron chi connectivity index (χ1n) is 14.1. The molecule has 1 spiro atoms. The van der Waals surface area contributed by atoms with Gasteiger partial charge in [-0.25, -0.2) is 0 Å². The average Bonchev–Trinajstić information content (AvgIpc) is 3.23. The summed E-state index contributed by atoms with van der Waals surface area (Å²) in [5, 5.41) is -0.198. The van der Waals surface area contributed by atoms with Gasteiger partial charge in [0.1, 0.15) is 42.4 Å². The van der Waals surface area contributed by atoms with E-state index in [2.05, 4.69) is 22.5 Å². The number of rotatable bonds is 9. The summed E-state index contributed by atoms with van der Waals surface area (Å²) in [4.78, 5) is 12.0. The number of fused-ring (bicyclic) bond motifs is 1. The molecule has 7 aliphatic heterocycles. The number of carbonyl (C=O) groups excluding carboxylic acids is 1. The van der Waals surface area contributed by atoms with Crippen LogP contribution in [0.1, 0.15) is 50.4 Å². The van der Waals surface area contributed by atoms with Gasteiger partial charge in [0.15, 0.2) is 6.29 Å². The van der Waals surface area contributed by atoms with Crippen LogP contribution in [0.2, 0.25) is 0 Å². The smallest absolute Gasteiger partial charge is 0.308 e. The molecule has 7 saturated heterocycles. The Kier molecular flexibility index (Phi) is 7.44. The van der Waals surface area contributed by atoms with Crippen molar-refractivity contribution in [1.29, 1.82) is 0 Å². The van der Waals surface area contributed by atoms with Gasteiger partial charge < -0.3 is 42.6 Å². The number of benzene rings is 1. The molecule has 224 valence electrons. The van der Waals surface area contributed by atoms with Crippen molar-refractivity contribution in [3.63, 3.8) is 0 Å². The normalized spacial score (nSPS) is 44.1. The van der Waals surface area contributed by atoms with Crippen LogP contribution >= 0.6 is 27.5 Å². The van der Waals surface area contributed by atoms with Gasteiger partial charge in [0.2, 0.25) is 11.6 Å². The van der Waals surface area contributed by atoms with Crippen LogP contribution in [0.4, 0.5) is 0 Å². The first kappa shape index (κ1) is 28.5. The molecule has 0 N–H and O–H groups in total. The molecular weight excluding hydrogens is 624 g/mol. The second-order valence-corrected chi connectivity index (χ2v) is 13.3. The molecule has 7 aliphatic rings. The Morgan fingerprint density at radius 1 is 1.05 bits per heavy atom. The number of carbonyl (C=O) groups is 1. The highest BCUT2D eigenvalue weighted by Gasteiger charge is 2.83. The molecule has 8 rings (SSSR count). The molecule has 12 heteroatoms. The fourth-order valence-electron chi connectivity index (χ4n) is 7.20. The van der Waals surface area contributed by atoms with Crippen LogP contribution in [0.3, 0.4) is 0 Å². The maximum Gasteiger partial charge on any atom is 0.308 e. The van der Waals surface area contributed by atoms with Crippen LogP contribution in [-0.2, 0) is 42.7 Å². The van der Waals surface area contributed by atoms with Crippen molar-refractivity contribution in [2.24, 2.45) is 0 Å². The third-order valence-electron chi connectivity index (χ3n) is 9.05. The maximum absolute atomic E-state index is 12.0. The lowest BCUT2D eigenvalue weighted by atomic mass is 9.85. The SMILES string of the molecule is C=C(Br)CC(Cl)CCC12O[C@H]3C4O[C@@H](CC(=O)OC)CCC4O[C@@H]4C3OC3C1OC(c1ccc(OC)cc1)OC34O2. The molecule has 1 aromatic rings. The summed E-state index contributed by atoms with van der Waals surface area (Å²) in [6, 6.07) is 7.56. The number of hydrogen-bond acceptors (Lipinski definition) is 10. The zero-order valence-electron chi connectivity index (χ0n) is 22.9. The van der Waals surface area contributed by atoms with Gasteiger partial charge in [-0.05, 0) is 42.3 Å². The largest absolute Gasteiger partial charge is 0.497 e. The predicted molar refractivity (Wildman–Crippen MR) is 147 cm³/mol. The molecule has 12 atom stereocenters. The first-order chi connectivity index (χ1) is 19.7. The predicted octanol–water partition coefficient (Wildman–Crippen LogP) is 4.26. The van der Waals surface area contributed by atoms with E-state index in [9.17, 15) is 4.79 Å². The van der Waals surface area contributed by atoms with E-state index in [0.717, 1.165) is 15.8 Å². The molecule has 0 aliphatic carbocycles. The van der Waals surface area contributed by atoms with Crippen molar-refractivity contribution < 1.29 is 47.4 Å². The molecule has 1 aromatic carbocycles. The molecular formula is C29H34BrClO10. The van der Waals surface area contributed by atoms with Gasteiger partial charge in [0.25, 0.3) is 0 Å². The summed E-state index contributed by atoms with van der Waals surface area (Å²) in [5.41, 5.74) is 0.819. The van der Waals surface area contributed by atoms with E-state index in [0.29, 0.717) is 32.1 Å². The summed E-state index contributed by atoms with van der Waals surface area (Å²) in [7, 11) is 3.00. The Hall–Kier alpha value is -1.28. The number of allylic oxidation sites excluding steroid dienone is 1. The molecule has 0 radical (unpaired) electrons. The third kappa shape index (κ3) is 4.67. The number of methoxy groups -OCH3 is 2. The van der Waals surface area contributed by atoms with Gasteiger partial charge in [-0.15, -0.1) is 11.6 Å². The Morgan fingerprint density at radius 3 is 2.59 bits per heavy atom. The summed E-state index contributed by atoms with van der Waals surface area (Å²) >= 11 is 10.1. The van der Waals surface area contributed by atoms with E-state index in [4.69, 9.17) is 54.2 Å². The van der Waals surface area contributed by atoms with Crippen molar-refractivity contribution in [1.82, 2.24) is 0 Å². The van der Waals surface area contributed by atoms with Crippen LogP contribution in [0.15, 0.2) is 35.3 Å². The number of halogens is 2. The Bertz CT molecular complexity index is 1180. The number of esters is 1. The second kappa shape index (κ2) is 10.7. The Balaban J connectivity index is 1.22. The van der Waals surface area contributed by atoms with E-state index in [-0.39, 0.29) is 30.0 Å². The molecule has 10 nitrogen and oxygen atoms in total. The number of ether oxygens (including phenoxy) is 9. The van der Waals surface area contributed by atoms with Crippen LogP contribution in [-0.4, -0.2) is 86.0 Å². The minimum atomic E-state index is -1.23. The molecule has 7 bridgehead atoms. The lowest BCUT2D eigenvalue weighted by Gasteiger charge is -2.49. The molecule has 0 aromatic heterocycles. The summed E-state index contributed by atoms with van der Waals surface area (Å²) < 4.78 is 58.0. The zero-order chi connectivity index (χ0) is 28.5. The van der Waals surface area contributed by atoms with Crippen LogP contribution < -0.4 is 4.74 Å². The highest BCUT2D eigenvalue weighted by Crippen LogP contribution is 2.64. The van der Waals surface area contributed by atoms with Crippen molar-refractivity contribution in [3.05, 3.63) is 40.9 Å². The molecule has 41 heavy (non-hydrogen) atoms. The number of alkyl halides is 1. The Labute approximate surface area is 251 Å². The van der Waals surface area contributed by atoms with Crippen molar-refractivity contribution in [2.75, 3.05) is 14.2 Å². The fourth-order valence-corrected chi connectivity index (χ4v) is 8.08. The van der Waals surface area contributed by atoms with E-state index in [1.807, 2.05) is 24.3 Å². The molecule has 0 amide bonds. The van der Waals surface area contributed by atoms with Gasteiger partial charge in [-0.2, -0.15) is 0 Å². The van der Waals surface area contributed by atoms with Crippen LogP contribution in [0.5, 0.6) is 5.75 Å². The second-order valence-electron chi connectivity index (χ2n) is 11.6. The minimum Gasteiger partial charge on any atom is -0.497 e. The topological polar surface area (TPSA) is 100 Å². The monoisotopic (exact) mass is 656 g/mol. The van der Waals surface area contributed by atoms with Gasteiger partial charge in [0.05, 0.1) is 32.8 Å². The lowest BCUT2D eigenvalue weighted by molar-refractivity contribution is -0.364. The lowest BCUT2D eigenvalue weighted by Crippen LogP contribution is -2.65. The molecule has 9 unspecified atom stereocenters. The van der Waals surface area contributed by atoms with Crippen molar-refractivity contribution in [3.8, 4) is 5.75 Å². The van der Waals surface area contributed by atoms with Gasteiger partial charge in [-0.1, -0.05) is 34.6 Å². The molecule has 7 heterocycles. The molecule has 7 fully saturated rings. The zero-order valence-corrected chi connectivity index (χ0v) is 25.2. The van der Waals surface area contributed by atoms with E-state index in [1.165, 1.54) is 7.11 Å². The third-order valence-corrected chi connectivity index (χ3v) is 9.75. The van der Waals surface area contributed by atoms with Crippen LogP contribution in [0, 0.1) is 0 Å². The van der Waals surface area contributed by atoms with Crippen LogP contribution in [0.25, 0.3) is 0 Å². The summed E-state index contributed by atoms with van der Waals surface area (Å²) in [6.45, 7) is 3.93. The fraction of sp³-hybridized carbons (Fsp3) is 0.690. The minimum absolute atomic E-state index is 0.165. The van der Waals surface area contributed by atoms with E-state index >= 15 is 0 Å². The Morgan fingerprint density at radius 2 is 1.85 bits per heavy atom. The highest BCUT2D eigenvalue weighted by molar-refractivity contribution is 9.11. The van der Waals surface area contributed by atoms with Crippen molar-refractivity contribution in [2.45, 2.75) is 111 Å². The van der Waals surface area contributed by atoms with Crippen molar-refractivity contribution >= 4 is 33.5 Å². The first-order valence-corrected chi connectivity index (χ1v) is 15.3. The summed E-state index contributed by atoms with van der Waals surface area (Å²) in [5.74, 6) is -2.03.